The summed E-state index contributed by atoms with van der Waals surface area (Å²) in [6, 6.07) is 17.3. The summed E-state index contributed by atoms with van der Waals surface area (Å²) >= 11 is 0. The SMILES string of the molecule is O=C(O)CN(C(=O)OCc1ccccc1)C(O)c1ccccc1. The predicted molar refractivity (Wildman–Crippen MR) is 82.4 cm³/mol. The number of aliphatic hydroxyl groups is 1. The fourth-order valence-electron chi connectivity index (χ4n) is 2.00. The van der Waals surface area contributed by atoms with Gasteiger partial charge in [-0.2, -0.15) is 0 Å². The van der Waals surface area contributed by atoms with Crippen molar-refractivity contribution in [3.63, 3.8) is 0 Å². The number of nitrogens with zero attached hydrogens (tertiary/aromatic N) is 1. The minimum Gasteiger partial charge on any atom is -0.480 e. The van der Waals surface area contributed by atoms with Crippen molar-refractivity contribution in [2.75, 3.05) is 6.54 Å². The third-order valence-corrected chi connectivity index (χ3v) is 3.14. The smallest absolute Gasteiger partial charge is 0.412 e. The molecule has 0 aliphatic carbocycles. The average molecular weight is 315 g/mol. The molecule has 0 fully saturated rings. The minimum atomic E-state index is -1.39. The van der Waals surface area contributed by atoms with E-state index in [9.17, 15) is 14.7 Å². The van der Waals surface area contributed by atoms with Gasteiger partial charge in [-0.15, -0.1) is 0 Å². The molecular weight excluding hydrogens is 298 g/mol. The number of benzene rings is 2. The highest BCUT2D eigenvalue weighted by Crippen LogP contribution is 2.18. The van der Waals surface area contributed by atoms with Crippen LogP contribution >= 0.6 is 0 Å². The van der Waals surface area contributed by atoms with Gasteiger partial charge >= 0.3 is 12.1 Å². The molecule has 23 heavy (non-hydrogen) atoms. The number of carboxylic acid groups (broad SMARTS) is 1. The van der Waals surface area contributed by atoms with Crippen LogP contribution in [-0.2, 0) is 16.1 Å². The van der Waals surface area contributed by atoms with Crippen molar-refractivity contribution in [1.29, 1.82) is 0 Å². The Morgan fingerprint density at radius 1 is 1.00 bits per heavy atom. The summed E-state index contributed by atoms with van der Waals surface area (Å²) in [4.78, 5) is 23.9. The maximum absolute atomic E-state index is 12.1. The Balaban J connectivity index is 2.07. The van der Waals surface area contributed by atoms with Gasteiger partial charge in [-0.25, -0.2) is 4.79 Å². The number of hydrogen-bond acceptors (Lipinski definition) is 4. The Morgan fingerprint density at radius 2 is 1.57 bits per heavy atom. The first-order valence-electron chi connectivity index (χ1n) is 7.00. The molecule has 0 heterocycles. The van der Waals surface area contributed by atoms with Gasteiger partial charge in [0, 0.05) is 5.56 Å². The Kier molecular flexibility index (Phi) is 5.71. The number of amides is 1. The zero-order valence-corrected chi connectivity index (χ0v) is 12.3. The Labute approximate surface area is 133 Å². The number of carboxylic acids is 1. The van der Waals surface area contributed by atoms with Crippen LogP contribution in [0.5, 0.6) is 0 Å². The number of rotatable bonds is 6. The third-order valence-electron chi connectivity index (χ3n) is 3.14. The fourth-order valence-corrected chi connectivity index (χ4v) is 2.00. The lowest BCUT2D eigenvalue weighted by atomic mass is 10.2. The van der Waals surface area contributed by atoms with Crippen molar-refractivity contribution in [1.82, 2.24) is 4.90 Å². The van der Waals surface area contributed by atoms with Gasteiger partial charge in [0.1, 0.15) is 13.2 Å². The van der Waals surface area contributed by atoms with Gasteiger partial charge < -0.3 is 14.9 Å². The Hall–Kier alpha value is -2.86. The molecule has 1 amide bonds. The second-order valence-electron chi connectivity index (χ2n) is 4.85. The first kappa shape index (κ1) is 16.5. The molecule has 0 saturated heterocycles. The normalized spacial score (nSPS) is 11.5. The van der Waals surface area contributed by atoms with E-state index in [1.54, 1.807) is 54.6 Å². The summed E-state index contributed by atoms with van der Waals surface area (Å²) in [5.74, 6) is -1.24. The first-order chi connectivity index (χ1) is 11.1. The van der Waals surface area contributed by atoms with E-state index in [4.69, 9.17) is 9.84 Å². The summed E-state index contributed by atoms with van der Waals surface area (Å²) in [5.41, 5.74) is 1.18. The Bertz CT molecular complexity index is 645. The van der Waals surface area contributed by atoms with Crippen molar-refractivity contribution in [2.24, 2.45) is 0 Å². The second-order valence-corrected chi connectivity index (χ2v) is 4.85. The van der Waals surface area contributed by atoms with Crippen LogP contribution in [-0.4, -0.2) is 33.7 Å². The van der Waals surface area contributed by atoms with Gasteiger partial charge in [-0.3, -0.25) is 9.69 Å². The predicted octanol–water partition coefficient (Wildman–Crippen LogP) is 2.40. The molecule has 2 aromatic carbocycles. The van der Waals surface area contributed by atoms with Crippen LogP contribution in [0.25, 0.3) is 0 Å². The molecule has 2 N–H and O–H groups in total. The molecule has 0 radical (unpaired) electrons. The van der Waals surface area contributed by atoms with Crippen LogP contribution < -0.4 is 0 Å². The largest absolute Gasteiger partial charge is 0.480 e. The average Bonchev–Trinajstić information content (AvgIpc) is 2.58. The Morgan fingerprint density at radius 3 is 2.13 bits per heavy atom. The van der Waals surface area contributed by atoms with Crippen molar-refractivity contribution < 1.29 is 24.5 Å². The lowest BCUT2D eigenvalue weighted by Crippen LogP contribution is -2.39. The molecule has 0 aliphatic heterocycles. The highest BCUT2D eigenvalue weighted by molar-refractivity contribution is 5.77. The van der Waals surface area contributed by atoms with Crippen LogP contribution in [0.2, 0.25) is 0 Å². The van der Waals surface area contributed by atoms with Crippen LogP contribution in [0.1, 0.15) is 17.4 Å². The highest BCUT2D eigenvalue weighted by Gasteiger charge is 2.26. The molecule has 6 heteroatoms. The van der Waals surface area contributed by atoms with Crippen LogP contribution in [0.4, 0.5) is 4.79 Å². The van der Waals surface area contributed by atoms with Crippen molar-refractivity contribution in [2.45, 2.75) is 12.8 Å². The van der Waals surface area contributed by atoms with Gasteiger partial charge in [-0.05, 0) is 5.56 Å². The number of aliphatic carboxylic acids is 1. The maximum atomic E-state index is 12.1. The molecule has 120 valence electrons. The topological polar surface area (TPSA) is 87.1 Å². The van der Waals surface area contributed by atoms with Crippen LogP contribution in [0, 0.1) is 0 Å². The highest BCUT2D eigenvalue weighted by atomic mass is 16.6. The monoisotopic (exact) mass is 315 g/mol. The number of ether oxygens (including phenoxy) is 1. The van der Waals surface area contributed by atoms with Crippen LogP contribution in [0.3, 0.4) is 0 Å². The minimum absolute atomic E-state index is 0.00268. The van der Waals surface area contributed by atoms with E-state index in [0.717, 1.165) is 10.5 Å². The van der Waals surface area contributed by atoms with E-state index in [0.29, 0.717) is 5.56 Å². The number of aliphatic hydroxyl groups excluding tert-OH is 1. The van der Waals surface area contributed by atoms with Gasteiger partial charge in [0.25, 0.3) is 0 Å². The third kappa shape index (κ3) is 4.82. The van der Waals surface area contributed by atoms with Gasteiger partial charge in [-0.1, -0.05) is 60.7 Å². The quantitative estimate of drug-likeness (QED) is 0.799. The molecule has 0 bridgehead atoms. The molecule has 1 atom stereocenters. The van der Waals surface area contributed by atoms with E-state index in [2.05, 4.69) is 0 Å². The van der Waals surface area contributed by atoms with Crippen molar-refractivity contribution in [3.05, 3.63) is 71.8 Å². The van der Waals surface area contributed by atoms with Crippen LogP contribution in [0.15, 0.2) is 60.7 Å². The summed E-state index contributed by atoms with van der Waals surface area (Å²) in [7, 11) is 0. The maximum Gasteiger partial charge on any atom is 0.412 e. The molecule has 0 spiro atoms. The molecule has 6 nitrogen and oxygen atoms in total. The standard InChI is InChI=1S/C17H17NO5/c19-15(20)11-18(16(21)14-9-5-2-6-10-14)17(22)23-12-13-7-3-1-4-8-13/h1-10,16,21H,11-12H2,(H,19,20). The molecule has 0 aromatic heterocycles. The number of carbonyl (C=O) groups excluding carboxylic acids is 1. The summed E-state index contributed by atoms with van der Waals surface area (Å²) in [6.07, 6.45) is -2.29. The summed E-state index contributed by atoms with van der Waals surface area (Å²) < 4.78 is 5.10. The molecular formula is C17H17NO5. The van der Waals surface area contributed by atoms with E-state index in [-0.39, 0.29) is 6.61 Å². The van der Waals surface area contributed by atoms with E-state index in [1.165, 1.54) is 0 Å². The zero-order valence-electron chi connectivity index (χ0n) is 12.3. The van der Waals surface area contributed by atoms with E-state index >= 15 is 0 Å². The summed E-state index contributed by atoms with van der Waals surface area (Å²) in [6.45, 7) is -0.666. The lowest BCUT2D eigenvalue weighted by Gasteiger charge is -2.26. The van der Waals surface area contributed by atoms with E-state index < -0.39 is 24.8 Å². The molecule has 0 saturated carbocycles. The molecule has 0 aliphatic rings. The molecule has 2 aromatic rings. The van der Waals surface area contributed by atoms with Crippen molar-refractivity contribution in [3.8, 4) is 0 Å². The van der Waals surface area contributed by atoms with Gasteiger partial charge in [0.15, 0.2) is 6.23 Å². The zero-order chi connectivity index (χ0) is 16.7. The lowest BCUT2D eigenvalue weighted by molar-refractivity contribution is -0.140. The number of hydrogen-bond donors (Lipinski definition) is 2. The molecule has 2 rings (SSSR count). The van der Waals surface area contributed by atoms with Gasteiger partial charge in [0.2, 0.25) is 0 Å². The molecule has 1 unspecified atom stereocenters. The number of carbonyl (C=O) groups is 2. The summed E-state index contributed by atoms with van der Waals surface area (Å²) in [5, 5.41) is 19.2. The second kappa shape index (κ2) is 7.95. The van der Waals surface area contributed by atoms with E-state index in [1.807, 2.05) is 6.07 Å². The first-order valence-corrected chi connectivity index (χ1v) is 7.00. The van der Waals surface area contributed by atoms with Crippen molar-refractivity contribution >= 4 is 12.1 Å². The van der Waals surface area contributed by atoms with Gasteiger partial charge in [0.05, 0.1) is 0 Å². The fraction of sp³-hybridized carbons (Fsp3) is 0.176.